The Labute approximate surface area is 72.4 Å². The first-order chi connectivity index (χ1) is 5.59. The van der Waals surface area contributed by atoms with Crippen LogP contribution in [0.3, 0.4) is 0 Å². The number of hydrogen-bond acceptors (Lipinski definition) is 5. The Bertz CT molecular complexity index is 218. The molecule has 1 rings (SSSR count). The van der Waals surface area contributed by atoms with E-state index in [9.17, 15) is 0 Å². The molecule has 1 aliphatic heterocycles. The van der Waals surface area contributed by atoms with Crippen LogP contribution < -0.4 is 11.1 Å². The summed E-state index contributed by atoms with van der Waals surface area (Å²) in [5, 5.41) is 2.91. The van der Waals surface area contributed by atoms with Gasteiger partial charge in [-0.05, 0) is 6.92 Å². The van der Waals surface area contributed by atoms with E-state index in [1.807, 2.05) is 25.9 Å². The lowest BCUT2D eigenvalue weighted by Crippen LogP contribution is -2.43. The molecule has 0 bridgehead atoms. The van der Waals surface area contributed by atoms with Crippen LogP contribution in [0.15, 0.2) is 9.98 Å². The first-order valence-corrected chi connectivity index (χ1v) is 3.91. The fourth-order valence-electron chi connectivity index (χ4n) is 0.894. The van der Waals surface area contributed by atoms with Gasteiger partial charge in [-0.1, -0.05) is 0 Å². The molecule has 1 heterocycles. The number of nitrogens with one attached hydrogen (secondary N) is 1. The minimum atomic E-state index is 0.191. The second-order valence-corrected chi connectivity index (χ2v) is 3.05. The summed E-state index contributed by atoms with van der Waals surface area (Å²) in [5.41, 5.74) is 5.56. The van der Waals surface area contributed by atoms with Crippen LogP contribution in [0.4, 0.5) is 0 Å². The van der Waals surface area contributed by atoms with E-state index in [2.05, 4.69) is 15.3 Å². The predicted octanol–water partition coefficient (Wildman–Crippen LogP) is -0.790. The van der Waals surface area contributed by atoms with E-state index in [1.54, 1.807) is 0 Å². The summed E-state index contributed by atoms with van der Waals surface area (Å²) in [5.74, 6) is 1.20. The van der Waals surface area contributed by atoms with Crippen LogP contribution in [0.25, 0.3) is 0 Å². The number of aliphatic imine (C=N–C) groups is 2. The van der Waals surface area contributed by atoms with Gasteiger partial charge in [0.1, 0.15) is 0 Å². The molecule has 0 saturated heterocycles. The molecule has 0 aromatic rings. The Kier molecular flexibility index (Phi) is 2.52. The quantitative estimate of drug-likeness (QED) is 0.499. The molecule has 0 aromatic carbocycles. The zero-order valence-electron chi connectivity index (χ0n) is 7.70. The molecular formula is C7H15N5. The largest absolute Gasteiger partial charge is 0.370 e. The molecule has 0 radical (unpaired) electrons. The highest BCUT2D eigenvalue weighted by Crippen LogP contribution is 1.95. The molecule has 0 saturated carbocycles. The summed E-state index contributed by atoms with van der Waals surface area (Å²) in [6, 6.07) is 0.191. The highest BCUT2D eigenvalue weighted by molar-refractivity contribution is 5.98. The van der Waals surface area contributed by atoms with Gasteiger partial charge in [-0.15, -0.1) is 0 Å². The molecule has 0 amide bonds. The summed E-state index contributed by atoms with van der Waals surface area (Å²) in [6.45, 7) is 2.66. The van der Waals surface area contributed by atoms with Gasteiger partial charge >= 0.3 is 0 Å². The van der Waals surface area contributed by atoms with E-state index in [0.717, 1.165) is 5.96 Å². The first kappa shape index (κ1) is 8.83. The molecule has 1 aliphatic rings. The molecule has 5 nitrogen and oxygen atoms in total. The summed E-state index contributed by atoms with van der Waals surface area (Å²) in [4.78, 5) is 10.3. The van der Waals surface area contributed by atoms with Gasteiger partial charge in [0.05, 0.1) is 12.6 Å². The SMILES string of the molecule is C[C@H]1CN=C(N)NC(N(C)C)=N1. The fraction of sp³-hybridized carbons (Fsp3) is 0.714. The number of guanidine groups is 2. The van der Waals surface area contributed by atoms with Crippen molar-refractivity contribution in [3.63, 3.8) is 0 Å². The normalized spacial score (nSPS) is 23.4. The van der Waals surface area contributed by atoms with Crippen molar-refractivity contribution in [1.29, 1.82) is 0 Å². The van der Waals surface area contributed by atoms with Gasteiger partial charge in [0, 0.05) is 14.1 Å². The van der Waals surface area contributed by atoms with Gasteiger partial charge < -0.3 is 10.6 Å². The van der Waals surface area contributed by atoms with Crippen molar-refractivity contribution >= 4 is 11.9 Å². The van der Waals surface area contributed by atoms with Gasteiger partial charge in [0.2, 0.25) is 5.96 Å². The smallest absolute Gasteiger partial charge is 0.200 e. The maximum atomic E-state index is 5.56. The van der Waals surface area contributed by atoms with Crippen LogP contribution in [0, 0.1) is 0 Å². The van der Waals surface area contributed by atoms with Gasteiger partial charge in [0.15, 0.2) is 5.96 Å². The molecule has 0 aromatic heterocycles. The number of rotatable bonds is 0. The highest BCUT2D eigenvalue weighted by Gasteiger charge is 2.10. The zero-order valence-corrected chi connectivity index (χ0v) is 7.70. The molecule has 0 fully saturated rings. The van der Waals surface area contributed by atoms with Crippen LogP contribution in [0.5, 0.6) is 0 Å². The van der Waals surface area contributed by atoms with E-state index >= 15 is 0 Å². The first-order valence-electron chi connectivity index (χ1n) is 3.91. The van der Waals surface area contributed by atoms with Crippen molar-refractivity contribution in [3.05, 3.63) is 0 Å². The summed E-state index contributed by atoms with van der Waals surface area (Å²) in [7, 11) is 3.83. The molecule has 68 valence electrons. The predicted molar refractivity (Wildman–Crippen MR) is 50.2 cm³/mol. The molecule has 12 heavy (non-hydrogen) atoms. The van der Waals surface area contributed by atoms with Gasteiger partial charge in [-0.2, -0.15) is 0 Å². The topological polar surface area (TPSA) is 66.0 Å². The van der Waals surface area contributed by atoms with Crippen LogP contribution >= 0.6 is 0 Å². The number of nitrogens with two attached hydrogens (primary N) is 1. The van der Waals surface area contributed by atoms with Crippen molar-refractivity contribution in [1.82, 2.24) is 10.2 Å². The van der Waals surface area contributed by atoms with Crippen LogP contribution in [-0.4, -0.2) is 43.5 Å². The Morgan fingerprint density at radius 3 is 2.83 bits per heavy atom. The second kappa shape index (κ2) is 3.42. The summed E-state index contributed by atoms with van der Waals surface area (Å²) >= 11 is 0. The van der Waals surface area contributed by atoms with Crippen molar-refractivity contribution in [3.8, 4) is 0 Å². The van der Waals surface area contributed by atoms with E-state index < -0.39 is 0 Å². The van der Waals surface area contributed by atoms with E-state index in [-0.39, 0.29) is 6.04 Å². The third-order valence-corrected chi connectivity index (χ3v) is 1.53. The van der Waals surface area contributed by atoms with Gasteiger partial charge in [0.25, 0.3) is 0 Å². The third kappa shape index (κ3) is 2.11. The summed E-state index contributed by atoms with van der Waals surface area (Å²) in [6.07, 6.45) is 0. The van der Waals surface area contributed by atoms with E-state index in [4.69, 9.17) is 5.73 Å². The number of hydrogen-bond donors (Lipinski definition) is 2. The molecule has 3 N–H and O–H groups in total. The fourth-order valence-corrected chi connectivity index (χ4v) is 0.894. The molecule has 5 heteroatoms. The lowest BCUT2D eigenvalue weighted by atomic mass is 10.4. The molecule has 0 spiro atoms. The third-order valence-electron chi connectivity index (χ3n) is 1.53. The monoisotopic (exact) mass is 169 g/mol. The Morgan fingerprint density at radius 2 is 2.25 bits per heavy atom. The minimum Gasteiger partial charge on any atom is -0.370 e. The van der Waals surface area contributed by atoms with Crippen molar-refractivity contribution in [2.45, 2.75) is 13.0 Å². The number of nitrogens with zero attached hydrogens (tertiary/aromatic N) is 3. The van der Waals surface area contributed by atoms with Crippen LogP contribution in [0.2, 0.25) is 0 Å². The maximum absolute atomic E-state index is 5.56. The van der Waals surface area contributed by atoms with Crippen LogP contribution in [-0.2, 0) is 0 Å². The Morgan fingerprint density at radius 1 is 1.58 bits per heavy atom. The molecule has 0 unspecified atom stereocenters. The second-order valence-electron chi connectivity index (χ2n) is 3.05. The Hall–Kier alpha value is -1.26. The van der Waals surface area contributed by atoms with Gasteiger partial charge in [-0.25, -0.2) is 4.99 Å². The Balaban J connectivity index is 2.78. The van der Waals surface area contributed by atoms with E-state index in [0.29, 0.717) is 12.5 Å². The standard InChI is InChI=1S/C7H15N5/c1-5-4-9-6(8)11-7(10-5)12(2)3/h5H,4H2,1-3H3,(H3,8,9,10,11)/t5-/m0/s1. The average molecular weight is 169 g/mol. The minimum absolute atomic E-state index is 0.191. The zero-order chi connectivity index (χ0) is 9.14. The van der Waals surface area contributed by atoms with Crippen LogP contribution in [0.1, 0.15) is 6.92 Å². The maximum Gasteiger partial charge on any atom is 0.200 e. The molecular weight excluding hydrogens is 154 g/mol. The van der Waals surface area contributed by atoms with Crippen molar-refractivity contribution in [2.24, 2.45) is 15.7 Å². The highest BCUT2D eigenvalue weighted by atomic mass is 15.3. The average Bonchev–Trinajstić information content (AvgIpc) is 2.13. The molecule has 0 aliphatic carbocycles. The van der Waals surface area contributed by atoms with E-state index in [1.165, 1.54) is 0 Å². The molecule has 1 atom stereocenters. The van der Waals surface area contributed by atoms with Gasteiger partial charge in [-0.3, -0.25) is 10.3 Å². The summed E-state index contributed by atoms with van der Waals surface area (Å²) < 4.78 is 0. The lowest BCUT2D eigenvalue weighted by molar-refractivity contribution is 0.593. The van der Waals surface area contributed by atoms with Crippen molar-refractivity contribution < 1.29 is 0 Å². The lowest BCUT2D eigenvalue weighted by Gasteiger charge is -2.15. The van der Waals surface area contributed by atoms with Crippen molar-refractivity contribution in [2.75, 3.05) is 20.6 Å².